The summed E-state index contributed by atoms with van der Waals surface area (Å²) in [6.45, 7) is 7.99. The molecule has 1 aromatic rings. The van der Waals surface area contributed by atoms with Gasteiger partial charge in [0, 0.05) is 12.6 Å². The van der Waals surface area contributed by atoms with E-state index < -0.39 is 0 Å². The number of nitrogens with one attached hydrogen (secondary N) is 1. The van der Waals surface area contributed by atoms with Gasteiger partial charge in [-0.25, -0.2) is 0 Å². The van der Waals surface area contributed by atoms with Gasteiger partial charge in [0.05, 0.1) is 0 Å². The van der Waals surface area contributed by atoms with E-state index >= 15 is 0 Å². The first-order chi connectivity index (χ1) is 8.16. The minimum absolute atomic E-state index is 0.707. The molecule has 3 unspecified atom stereocenters. The number of aryl methyl sites for hydroxylation is 1. The first kappa shape index (κ1) is 12.6. The van der Waals surface area contributed by atoms with Crippen LogP contribution >= 0.6 is 0 Å². The van der Waals surface area contributed by atoms with Gasteiger partial charge in [0.25, 0.3) is 0 Å². The Bertz CT molecular complexity index is 358. The minimum atomic E-state index is 0.707. The SMILES string of the molecule is Cc1ccccc1CNC1CC(C)CCC1C. The molecular weight excluding hydrogens is 206 g/mol. The van der Waals surface area contributed by atoms with E-state index in [2.05, 4.69) is 50.4 Å². The molecular formula is C16H25N. The Kier molecular flexibility index (Phi) is 4.22. The molecule has 17 heavy (non-hydrogen) atoms. The molecule has 0 bridgehead atoms. The molecule has 0 aliphatic heterocycles. The van der Waals surface area contributed by atoms with Crippen LogP contribution in [0, 0.1) is 18.8 Å². The fourth-order valence-corrected chi connectivity index (χ4v) is 2.87. The van der Waals surface area contributed by atoms with Crippen molar-refractivity contribution in [3.05, 3.63) is 35.4 Å². The van der Waals surface area contributed by atoms with E-state index in [1.807, 2.05) is 0 Å². The van der Waals surface area contributed by atoms with Crippen LogP contribution in [-0.4, -0.2) is 6.04 Å². The van der Waals surface area contributed by atoms with Crippen molar-refractivity contribution >= 4 is 0 Å². The molecule has 3 atom stereocenters. The van der Waals surface area contributed by atoms with Crippen molar-refractivity contribution in [1.82, 2.24) is 5.32 Å². The van der Waals surface area contributed by atoms with Crippen molar-refractivity contribution in [3.63, 3.8) is 0 Å². The average molecular weight is 231 g/mol. The molecule has 1 heteroatoms. The highest BCUT2D eigenvalue weighted by atomic mass is 14.9. The fourth-order valence-electron chi connectivity index (χ4n) is 2.87. The second-order valence-corrected chi connectivity index (χ2v) is 5.81. The monoisotopic (exact) mass is 231 g/mol. The summed E-state index contributed by atoms with van der Waals surface area (Å²) in [6, 6.07) is 9.39. The van der Waals surface area contributed by atoms with Gasteiger partial charge in [0.15, 0.2) is 0 Å². The molecule has 1 aliphatic rings. The van der Waals surface area contributed by atoms with Gasteiger partial charge in [0.2, 0.25) is 0 Å². The summed E-state index contributed by atoms with van der Waals surface area (Å²) in [7, 11) is 0. The van der Waals surface area contributed by atoms with E-state index in [1.165, 1.54) is 30.4 Å². The molecule has 1 N–H and O–H groups in total. The van der Waals surface area contributed by atoms with E-state index in [1.54, 1.807) is 0 Å². The summed E-state index contributed by atoms with van der Waals surface area (Å²) < 4.78 is 0. The Morgan fingerprint density at radius 3 is 2.71 bits per heavy atom. The Balaban J connectivity index is 1.91. The molecule has 0 heterocycles. The van der Waals surface area contributed by atoms with Crippen molar-refractivity contribution in [2.24, 2.45) is 11.8 Å². The van der Waals surface area contributed by atoms with E-state index in [0.29, 0.717) is 6.04 Å². The van der Waals surface area contributed by atoms with Crippen LogP contribution in [0.15, 0.2) is 24.3 Å². The maximum Gasteiger partial charge on any atom is 0.0210 e. The quantitative estimate of drug-likeness (QED) is 0.831. The molecule has 1 saturated carbocycles. The molecule has 2 rings (SSSR count). The normalized spacial score (nSPS) is 29.2. The van der Waals surface area contributed by atoms with Gasteiger partial charge in [-0.05, 0) is 42.7 Å². The highest BCUT2D eigenvalue weighted by molar-refractivity contribution is 5.25. The second-order valence-electron chi connectivity index (χ2n) is 5.81. The maximum atomic E-state index is 3.76. The average Bonchev–Trinajstić information content (AvgIpc) is 2.32. The number of hydrogen-bond acceptors (Lipinski definition) is 1. The summed E-state index contributed by atoms with van der Waals surface area (Å²) in [4.78, 5) is 0. The highest BCUT2D eigenvalue weighted by Gasteiger charge is 2.24. The first-order valence-corrected chi connectivity index (χ1v) is 6.94. The van der Waals surface area contributed by atoms with E-state index in [4.69, 9.17) is 0 Å². The zero-order chi connectivity index (χ0) is 12.3. The molecule has 0 saturated heterocycles. The van der Waals surface area contributed by atoms with Crippen molar-refractivity contribution in [3.8, 4) is 0 Å². The van der Waals surface area contributed by atoms with E-state index in [0.717, 1.165) is 18.4 Å². The highest BCUT2D eigenvalue weighted by Crippen LogP contribution is 2.28. The molecule has 0 amide bonds. The predicted molar refractivity (Wildman–Crippen MR) is 74.0 cm³/mol. The second kappa shape index (κ2) is 5.68. The fraction of sp³-hybridized carbons (Fsp3) is 0.625. The van der Waals surface area contributed by atoms with Crippen molar-refractivity contribution < 1.29 is 0 Å². The van der Waals surface area contributed by atoms with Crippen LogP contribution in [0.1, 0.15) is 44.2 Å². The van der Waals surface area contributed by atoms with Crippen molar-refractivity contribution in [2.45, 2.75) is 52.6 Å². The lowest BCUT2D eigenvalue weighted by atomic mass is 9.80. The van der Waals surface area contributed by atoms with E-state index in [-0.39, 0.29) is 0 Å². The maximum absolute atomic E-state index is 3.76. The lowest BCUT2D eigenvalue weighted by Crippen LogP contribution is -2.39. The smallest absolute Gasteiger partial charge is 0.0210 e. The Morgan fingerprint density at radius 2 is 1.94 bits per heavy atom. The van der Waals surface area contributed by atoms with Crippen LogP contribution in [-0.2, 0) is 6.54 Å². The minimum Gasteiger partial charge on any atom is -0.310 e. The first-order valence-electron chi connectivity index (χ1n) is 6.94. The third-order valence-corrected chi connectivity index (χ3v) is 4.27. The lowest BCUT2D eigenvalue weighted by Gasteiger charge is -2.33. The Morgan fingerprint density at radius 1 is 1.18 bits per heavy atom. The van der Waals surface area contributed by atoms with Crippen molar-refractivity contribution in [1.29, 1.82) is 0 Å². The van der Waals surface area contributed by atoms with Crippen LogP contribution in [0.3, 0.4) is 0 Å². The van der Waals surface area contributed by atoms with Gasteiger partial charge in [-0.15, -0.1) is 0 Å². The third-order valence-electron chi connectivity index (χ3n) is 4.27. The van der Waals surface area contributed by atoms with Gasteiger partial charge in [-0.1, -0.05) is 44.5 Å². The van der Waals surface area contributed by atoms with Crippen LogP contribution in [0.5, 0.6) is 0 Å². The summed E-state index contributed by atoms with van der Waals surface area (Å²) in [5.41, 5.74) is 2.84. The molecule has 1 fully saturated rings. The third kappa shape index (κ3) is 3.32. The van der Waals surface area contributed by atoms with Gasteiger partial charge >= 0.3 is 0 Å². The molecule has 0 aromatic heterocycles. The number of hydrogen-bond donors (Lipinski definition) is 1. The van der Waals surface area contributed by atoms with Gasteiger partial charge in [-0.3, -0.25) is 0 Å². The summed E-state index contributed by atoms with van der Waals surface area (Å²) >= 11 is 0. The van der Waals surface area contributed by atoms with Crippen molar-refractivity contribution in [2.75, 3.05) is 0 Å². The van der Waals surface area contributed by atoms with Crippen LogP contribution < -0.4 is 5.32 Å². The van der Waals surface area contributed by atoms with Crippen LogP contribution in [0.2, 0.25) is 0 Å². The number of benzene rings is 1. The Labute approximate surface area is 106 Å². The summed E-state index contributed by atoms with van der Waals surface area (Å²) in [5.74, 6) is 1.72. The number of rotatable bonds is 3. The largest absolute Gasteiger partial charge is 0.310 e. The van der Waals surface area contributed by atoms with Gasteiger partial charge in [0.1, 0.15) is 0 Å². The Hall–Kier alpha value is -0.820. The van der Waals surface area contributed by atoms with Gasteiger partial charge in [-0.2, -0.15) is 0 Å². The summed E-state index contributed by atoms with van der Waals surface area (Å²) in [5, 5.41) is 3.76. The molecule has 94 valence electrons. The predicted octanol–water partition coefficient (Wildman–Crippen LogP) is 3.91. The molecule has 1 aliphatic carbocycles. The summed E-state index contributed by atoms with van der Waals surface area (Å²) in [6.07, 6.45) is 4.13. The van der Waals surface area contributed by atoms with Crippen LogP contribution in [0.4, 0.5) is 0 Å². The lowest BCUT2D eigenvalue weighted by molar-refractivity contribution is 0.227. The molecule has 0 spiro atoms. The molecule has 1 aromatic carbocycles. The topological polar surface area (TPSA) is 12.0 Å². The zero-order valence-corrected chi connectivity index (χ0v) is 11.4. The van der Waals surface area contributed by atoms with Gasteiger partial charge < -0.3 is 5.32 Å². The van der Waals surface area contributed by atoms with E-state index in [9.17, 15) is 0 Å². The zero-order valence-electron chi connectivity index (χ0n) is 11.4. The van der Waals surface area contributed by atoms with Crippen LogP contribution in [0.25, 0.3) is 0 Å². The standard InChI is InChI=1S/C16H25N/c1-12-8-9-14(3)16(10-12)17-11-15-7-5-4-6-13(15)2/h4-7,12,14,16-17H,8-11H2,1-3H3. The molecule has 0 radical (unpaired) electrons. The molecule has 1 nitrogen and oxygen atoms in total.